The van der Waals surface area contributed by atoms with E-state index in [2.05, 4.69) is 24.7 Å². The van der Waals surface area contributed by atoms with Gasteiger partial charge < -0.3 is 42.9 Å². The zero-order chi connectivity index (χ0) is 32.8. The van der Waals surface area contributed by atoms with Crippen molar-refractivity contribution in [1.29, 1.82) is 0 Å². The van der Waals surface area contributed by atoms with Crippen LogP contribution in [0.25, 0.3) is 0 Å². The largest absolute Gasteiger partial charge is 0.489 e. The Morgan fingerprint density at radius 3 is 2.36 bits per heavy atom. The van der Waals surface area contributed by atoms with Gasteiger partial charge in [0.05, 0.1) is 11.6 Å². The zero-order valence-electron chi connectivity index (χ0n) is 23.3. The molecule has 2 atom stereocenters. The Hall–Kier alpha value is -4.41. The summed E-state index contributed by atoms with van der Waals surface area (Å²) < 4.78 is 40.8. The molecule has 2 aromatic rings. The van der Waals surface area contributed by atoms with Gasteiger partial charge in [0, 0.05) is 24.0 Å². The molecule has 240 valence electrons. The van der Waals surface area contributed by atoms with Crippen molar-refractivity contribution >= 4 is 56.2 Å². The Bertz CT molecular complexity index is 1540. The molecule has 1 aromatic carbocycles. The van der Waals surface area contributed by atoms with Crippen molar-refractivity contribution in [3.63, 3.8) is 0 Å². The van der Waals surface area contributed by atoms with Crippen LogP contribution in [0, 0.1) is 0 Å². The summed E-state index contributed by atoms with van der Waals surface area (Å²) in [5.41, 5.74) is 21.3. The molecular formula is C23H31N9O10S2. The van der Waals surface area contributed by atoms with Gasteiger partial charge in [-0.05, 0) is 38.1 Å². The first-order chi connectivity index (χ1) is 20.6. The number of aromatic nitrogens is 1. The second-order valence-electron chi connectivity index (χ2n) is 9.61. The number of oxime groups is 1. The Morgan fingerprint density at radius 2 is 1.86 bits per heavy atom. The number of aliphatic carboxylic acids is 1. The van der Waals surface area contributed by atoms with E-state index in [1.54, 1.807) is 12.1 Å². The molecule has 1 aliphatic rings. The summed E-state index contributed by atoms with van der Waals surface area (Å²) in [6.45, 7) is 2.59. The van der Waals surface area contributed by atoms with Crippen LogP contribution in [0.2, 0.25) is 0 Å². The third kappa shape index (κ3) is 8.36. The molecule has 1 fully saturated rings. The fourth-order valence-electron chi connectivity index (χ4n) is 3.65. The number of carboxylic acid groups (broad SMARTS) is 1. The standard InChI is InChI=1S/C23H31N9O10S2/c1-23(2)17(20(34)32(23)42-44(37,38)39)30-19(33)16(14-10-43-22(27)29-14)31-41-15(21(35)36)9-40-13-5-3-11(4-6-13)18(26)28-12(7-24)8-25/h3-6,10,12,15,17H,7-9,24-25H2,1-2H3,(H2,26,28)(H2,27,29)(H,30,33)(H,35,36)(H,37,38,39). The molecule has 1 aromatic heterocycles. The number of ether oxygens (including phenoxy) is 1. The lowest BCUT2D eigenvalue weighted by atomic mass is 9.84. The molecular weight excluding hydrogens is 626 g/mol. The fourth-order valence-corrected chi connectivity index (χ4v) is 4.65. The van der Waals surface area contributed by atoms with Gasteiger partial charge in [-0.2, -0.15) is 13.5 Å². The summed E-state index contributed by atoms with van der Waals surface area (Å²) in [5, 5.41) is 17.4. The van der Waals surface area contributed by atoms with Gasteiger partial charge >= 0.3 is 16.4 Å². The number of anilines is 1. The highest BCUT2D eigenvalue weighted by atomic mass is 32.3. The van der Waals surface area contributed by atoms with E-state index in [9.17, 15) is 27.9 Å². The van der Waals surface area contributed by atoms with Crippen LogP contribution in [-0.2, 0) is 33.9 Å². The van der Waals surface area contributed by atoms with Gasteiger partial charge in [0.15, 0.2) is 10.8 Å². The lowest BCUT2D eigenvalue weighted by Gasteiger charge is -2.50. The number of rotatable bonds is 15. The highest BCUT2D eigenvalue weighted by Crippen LogP contribution is 2.33. The molecule has 44 heavy (non-hydrogen) atoms. The van der Waals surface area contributed by atoms with Gasteiger partial charge in [-0.3, -0.25) is 19.1 Å². The molecule has 0 aliphatic carbocycles. The third-order valence-electron chi connectivity index (χ3n) is 6.06. The molecule has 21 heteroatoms. The van der Waals surface area contributed by atoms with Gasteiger partial charge in [-0.25, -0.2) is 9.78 Å². The number of carbonyl (C=O) groups excluding carboxylic acids is 2. The highest BCUT2D eigenvalue weighted by molar-refractivity contribution is 7.80. The summed E-state index contributed by atoms with van der Waals surface area (Å²) >= 11 is 0.942. The predicted octanol–water partition coefficient (Wildman–Crippen LogP) is -2.19. The predicted molar refractivity (Wildman–Crippen MR) is 156 cm³/mol. The van der Waals surface area contributed by atoms with Crippen molar-refractivity contribution in [2.24, 2.45) is 27.3 Å². The SMILES string of the molecule is CC1(C)C(NC(=O)C(=NOC(COc2ccc(C(N)=NC(CN)CN)cc2)C(=O)O)c2csc(N)n2)C(=O)N1OS(=O)(=O)O. The Labute approximate surface area is 254 Å². The quantitative estimate of drug-likeness (QED) is 0.0352. The summed E-state index contributed by atoms with van der Waals surface area (Å²) in [6, 6.07) is 4.53. The number of nitrogens with two attached hydrogens (primary N) is 4. The van der Waals surface area contributed by atoms with Crippen molar-refractivity contribution in [1.82, 2.24) is 15.4 Å². The van der Waals surface area contributed by atoms with Crippen molar-refractivity contribution in [3.05, 3.63) is 40.9 Å². The Morgan fingerprint density at radius 1 is 1.23 bits per heavy atom. The number of nitrogens with one attached hydrogen (secondary N) is 1. The van der Waals surface area contributed by atoms with Gasteiger partial charge in [0.2, 0.25) is 0 Å². The number of hydrogen-bond donors (Lipinski definition) is 7. The van der Waals surface area contributed by atoms with Crippen LogP contribution in [-0.4, -0.2) is 101 Å². The number of amides is 2. The number of β-lactam (4-membered cyclic amide) rings is 1. The van der Waals surface area contributed by atoms with Crippen LogP contribution in [0.3, 0.4) is 0 Å². The van der Waals surface area contributed by atoms with Gasteiger partial charge in [-0.1, -0.05) is 5.16 Å². The number of nitrogen functional groups attached to an aromatic ring is 1. The summed E-state index contributed by atoms with van der Waals surface area (Å²) in [4.78, 5) is 50.8. The minimum Gasteiger partial charge on any atom is -0.489 e. The van der Waals surface area contributed by atoms with Crippen LogP contribution in [0.4, 0.5) is 5.13 Å². The van der Waals surface area contributed by atoms with Crippen molar-refractivity contribution in [2.75, 3.05) is 25.4 Å². The van der Waals surface area contributed by atoms with Crippen LogP contribution < -0.4 is 33.0 Å². The molecule has 11 N–H and O–H groups in total. The van der Waals surface area contributed by atoms with Gasteiger partial charge in [-0.15, -0.1) is 15.6 Å². The third-order valence-corrected chi connectivity index (χ3v) is 7.08. The molecule has 0 spiro atoms. The average Bonchev–Trinajstić information content (AvgIpc) is 3.39. The number of benzene rings is 1. The molecule has 2 amide bonds. The second-order valence-corrected chi connectivity index (χ2v) is 11.5. The van der Waals surface area contributed by atoms with E-state index >= 15 is 0 Å². The molecule has 0 bridgehead atoms. The number of hydroxylamine groups is 2. The topological polar surface area (TPSA) is 310 Å². The highest BCUT2D eigenvalue weighted by Gasteiger charge is 2.58. The Kier molecular flexibility index (Phi) is 10.8. The number of amidine groups is 1. The Balaban J connectivity index is 1.73. The van der Waals surface area contributed by atoms with Crippen LogP contribution in [0.1, 0.15) is 25.1 Å². The van der Waals surface area contributed by atoms with Crippen molar-refractivity contribution in [3.8, 4) is 5.75 Å². The van der Waals surface area contributed by atoms with Crippen LogP contribution in [0.5, 0.6) is 5.75 Å². The normalized spacial score (nSPS) is 17.6. The van der Waals surface area contributed by atoms with Crippen LogP contribution >= 0.6 is 11.3 Å². The number of carboxylic acids is 1. The first-order valence-electron chi connectivity index (χ1n) is 12.5. The molecule has 0 radical (unpaired) electrons. The lowest BCUT2D eigenvalue weighted by molar-refractivity contribution is -0.218. The summed E-state index contributed by atoms with van der Waals surface area (Å²) in [6.07, 6.45) is -1.71. The number of thiazole rings is 1. The molecule has 2 heterocycles. The van der Waals surface area contributed by atoms with E-state index in [-0.39, 0.29) is 41.5 Å². The molecule has 1 saturated heterocycles. The molecule has 3 rings (SSSR count). The number of carbonyl (C=O) groups is 3. The minimum atomic E-state index is -5.02. The van der Waals surface area contributed by atoms with E-state index in [0.717, 1.165) is 11.3 Å². The average molecular weight is 658 g/mol. The van der Waals surface area contributed by atoms with E-state index in [4.69, 9.17) is 37.1 Å². The van der Waals surface area contributed by atoms with Crippen molar-refractivity contribution < 1.29 is 46.3 Å². The number of aliphatic imine (C=N–C) groups is 1. The fraction of sp³-hybridized carbons (Fsp3) is 0.391. The minimum absolute atomic E-state index is 0.0436. The maximum absolute atomic E-state index is 13.1. The molecule has 2 unspecified atom stereocenters. The molecule has 1 aliphatic heterocycles. The van der Waals surface area contributed by atoms with Gasteiger partial charge in [0.1, 0.15) is 29.9 Å². The van der Waals surface area contributed by atoms with E-state index in [0.29, 0.717) is 10.6 Å². The van der Waals surface area contributed by atoms with E-state index < -0.39 is 58.2 Å². The first kappa shape index (κ1) is 34.1. The maximum Gasteiger partial charge on any atom is 0.418 e. The van der Waals surface area contributed by atoms with Crippen molar-refractivity contribution in [2.45, 2.75) is 37.6 Å². The van der Waals surface area contributed by atoms with Gasteiger partial charge in [0.25, 0.3) is 17.9 Å². The number of hydrogen-bond acceptors (Lipinski definition) is 15. The van der Waals surface area contributed by atoms with E-state index in [1.807, 2.05) is 0 Å². The summed E-state index contributed by atoms with van der Waals surface area (Å²) in [7, 11) is -5.02. The smallest absolute Gasteiger partial charge is 0.418 e. The first-order valence-corrected chi connectivity index (χ1v) is 14.8. The zero-order valence-corrected chi connectivity index (χ0v) is 24.9. The molecule has 0 saturated carbocycles. The van der Waals surface area contributed by atoms with Crippen LogP contribution in [0.15, 0.2) is 39.8 Å². The second kappa shape index (κ2) is 13.9. The monoisotopic (exact) mass is 657 g/mol. The number of nitrogens with zero attached hydrogens (tertiary/aromatic N) is 4. The summed E-state index contributed by atoms with van der Waals surface area (Å²) in [5.74, 6) is -3.07. The molecule has 19 nitrogen and oxygen atoms in total. The lowest BCUT2D eigenvalue weighted by Crippen LogP contribution is -2.76. The van der Waals surface area contributed by atoms with E-state index in [1.165, 1.54) is 31.4 Å². The maximum atomic E-state index is 13.1.